The molecule has 1 aliphatic carbocycles. The molecule has 0 aromatic carbocycles. The number of hydrogen-bond donors (Lipinski definition) is 0. The molecule has 1 saturated carbocycles. The zero-order chi connectivity index (χ0) is 9.47. The standard InChI is InChI=1S/C11H19NO/c1-9(2)12-10(13)5-8-11(12)6-3-4-7-11/h9H,3-8H2,1-2H3. The van der Waals surface area contributed by atoms with Crippen LogP contribution in [0, 0.1) is 0 Å². The monoisotopic (exact) mass is 181 g/mol. The first-order chi connectivity index (χ1) is 6.16. The quantitative estimate of drug-likeness (QED) is 0.608. The van der Waals surface area contributed by atoms with Gasteiger partial charge in [0.2, 0.25) is 5.91 Å². The molecule has 0 aromatic heterocycles. The van der Waals surface area contributed by atoms with Crippen molar-refractivity contribution in [2.24, 2.45) is 0 Å². The molecular formula is C11H19NO. The Balaban J connectivity index is 2.23. The van der Waals surface area contributed by atoms with Gasteiger partial charge in [-0.1, -0.05) is 12.8 Å². The summed E-state index contributed by atoms with van der Waals surface area (Å²) in [5, 5.41) is 0. The molecule has 0 radical (unpaired) electrons. The highest BCUT2D eigenvalue weighted by atomic mass is 16.2. The van der Waals surface area contributed by atoms with Gasteiger partial charge in [0.1, 0.15) is 0 Å². The molecule has 1 heterocycles. The van der Waals surface area contributed by atoms with Crippen molar-refractivity contribution < 1.29 is 4.79 Å². The van der Waals surface area contributed by atoms with E-state index in [0.717, 1.165) is 12.8 Å². The van der Waals surface area contributed by atoms with Gasteiger partial charge >= 0.3 is 0 Å². The van der Waals surface area contributed by atoms with Crippen molar-refractivity contribution in [1.82, 2.24) is 4.90 Å². The Hall–Kier alpha value is -0.530. The van der Waals surface area contributed by atoms with E-state index in [2.05, 4.69) is 18.7 Å². The first kappa shape index (κ1) is 9.04. The molecule has 0 N–H and O–H groups in total. The summed E-state index contributed by atoms with van der Waals surface area (Å²) in [7, 11) is 0. The lowest BCUT2D eigenvalue weighted by molar-refractivity contribution is -0.133. The highest BCUT2D eigenvalue weighted by molar-refractivity contribution is 5.80. The van der Waals surface area contributed by atoms with Gasteiger partial charge in [-0.05, 0) is 33.1 Å². The molecule has 74 valence electrons. The Labute approximate surface area is 80.3 Å². The number of amides is 1. The Morgan fingerprint density at radius 3 is 2.38 bits per heavy atom. The Bertz CT molecular complexity index is 216. The van der Waals surface area contributed by atoms with Crippen molar-refractivity contribution in [3.05, 3.63) is 0 Å². The van der Waals surface area contributed by atoms with Crippen LogP contribution in [0.15, 0.2) is 0 Å². The van der Waals surface area contributed by atoms with Crippen LogP contribution in [0.3, 0.4) is 0 Å². The zero-order valence-electron chi connectivity index (χ0n) is 8.68. The van der Waals surface area contributed by atoms with Crippen molar-refractivity contribution in [2.75, 3.05) is 0 Å². The van der Waals surface area contributed by atoms with Crippen LogP contribution in [0.25, 0.3) is 0 Å². The zero-order valence-corrected chi connectivity index (χ0v) is 8.68. The second-order valence-electron chi connectivity index (χ2n) is 4.79. The van der Waals surface area contributed by atoms with Crippen LogP contribution in [0.1, 0.15) is 52.4 Å². The summed E-state index contributed by atoms with van der Waals surface area (Å²) < 4.78 is 0. The van der Waals surface area contributed by atoms with E-state index in [4.69, 9.17) is 0 Å². The highest BCUT2D eigenvalue weighted by Crippen LogP contribution is 2.44. The Morgan fingerprint density at radius 2 is 1.85 bits per heavy atom. The van der Waals surface area contributed by atoms with Crippen molar-refractivity contribution in [3.63, 3.8) is 0 Å². The van der Waals surface area contributed by atoms with E-state index in [9.17, 15) is 4.79 Å². The molecule has 0 unspecified atom stereocenters. The van der Waals surface area contributed by atoms with Crippen molar-refractivity contribution in [1.29, 1.82) is 0 Å². The third-order valence-corrected chi connectivity index (χ3v) is 3.63. The minimum atomic E-state index is 0.283. The molecule has 1 aliphatic heterocycles. The number of rotatable bonds is 1. The van der Waals surface area contributed by atoms with Crippen molar-refractivity contribution in [2.45, 2.75) is 64.0 Å². The summed E-state index contributed by atoms with van der Waals surface area (Å²) >= 11 is 0. The number of hydrogen-bond acceptors (Lipinski definition) is 1. The van der Waals surface area contributed by atoms with Gasteiger partial charge < -0.3 is 4.90 Å². The molecule has 0 aromatic rings. The average Bonchev–Trinajstić information content (AvgIpc) is 2.61. The van der Waals surface area contributed by atoms with E-state index >= 15 is 0 Å². The van der Waals surface area contributed by atoms with Crippen LogP contribution in [-0.2, 0) is 4.79 Å². The lowest BCUT2D eigenvalue weighted by Crippen LogP contribution is -2.47. The highest BCUT2D eigenvalue weighted by Gasteiger charge is 2.47. The predicted molar refractivity (Wildman–Crippen MR) is 52.4 cm³/mol. The maximum absolute atomic E-state index is 11.7. The molecule has 0 atom stereocenters. The van der Waals surface area contributed by atoms with E-state index in [-0.39, 0.29) is 5.54 Å². The molecule has 1 amide bonds. The summed E-state index contributed by atoms with van der Waals surface area (Å²) in [5.74, 6) is 0.386. The van der Waals surface area contributed by atoms with Crippen LogP contribution in [0.4, 0.5) is 0 Å². The molecule has 13 heavy (non-hydrogen) atoms. The predicted octanol–water partition coefficient (Wildman–Crippen LogP) is 2.33. The molecule has 1 saturated heterocycles. The van der Waals surface area contributed by atoms with Crippen molar-refractivity contribution >= 4 is 5.91 Å². The fourth-order valence-electron chi connectivity index (χ4n) is 3.20. The van der Waals surface area contributed by atoms with E-state index in [1.807, 2.05) is 0 Å². The first-order valence-electron chi connectivity index (χ1n) is 5.48. The second kappa shape index (κ2) is 3.00. The van der Waals surface area contributed by atoms with Crippen LogP contribution < -0.4 is 0 Å². The summed E-state index contributed by atoms with van der Waals surface area (Å²) in [6, 6.07) is 0.396. The normalized spacial score (nSPS) is 26.7. The Morgan fingerprint density at radius 1 is 1.23 bits per heavy atom. The van der Waals surface area contributed by atoms with E-state index < -0.39 is 0 Å². The summed E-state index contributed by atoms with van der Waals surface area (Å²) in [6.07, 6.45) is 7.03. The van der Waals surface area contributed by atoms with Crippen LogP contribution in [-0.4, -0.2) is 22.4 Å². The van der Waals surface area contributed by atoms with Gasteiger partial charge in [-0.25, -0.2) is 0 Å². The average molecular weight is 181 g/mol. The van der Waals surface area contributed by atoms with E-state index in [0.29, 0.717) is 11.9 Å². The number of nitrogens with zero attached hydrogens (tertiary/aromatic N) is 1. The fourth-order valence-corrected chi connectivity index (χ4v) is 3.20. The molecule has 2 rings (SSSR count). The SMILES string of the molecule is CC(C)N1C(=O)CCC12CCCC2. The summed E-state index contributed by atoms with van der Waals surface area (Å²) in [5.41, 5.74) is 0.283. The van der Waals surface area contributed by atoms with Gasteiger partial charge in [0, 0.05) is 18.0 Å². The maximum atomic E-state index is 11.7. The summed E-state index contributed by atoms with van der Waals surface area (Å²) in [6.45, 7) is 4.28. The van der Waals surface area contributed by atoms with Gasteiger partial charge in [-0.2, -0.15) is 0 Å². The van der Waals surface area contributed by atoms with E-state index in [1.165, 1.54) is 25.7 Å². The minimum Gasteiger partial charge on any atom is -0.335 e. The van der Waals surface area contributed by atoms with E-state index in [1.54, 1.807) is 0 Å². The molecule has 2 nitrogen and oxygen atoms in total. The van der Waals surface area contributed by atoms with Gasteiger partial charge in [0.05, 0.1) is 0 Å². The lowest BCUT2D eigenvalue weighted by atomic mass is 9.93. The molecule has 0 bridgehead atoms. The smallest absolute Gasteiger partial charge is 0.223 e. The van der Waals surface area contributed by atoms with Gasteiger partial charge in [-0.3, -0.25) is 4.79 Å². The topological polar surface area (TPSA) is 20.3 Å². The lowest BCUT2D eigenvalue weighted by Gasteiger charge is -2.38. The largest absolute Gasteiger partial charge is 0.335 e. The maximum Gasteiger partial charge on any atom is 0.223 e. The van der Waals surface area contributed by atoms with Gasteiger partial charge in [0.15, 0.2) is 0 Å². The van der Waals surface area contributed by atoms with Crippen LogP contribution in [0.5, 0.6) is 0 Å². The first-order valence-corrected chi connectivity index (χ1v) is 5.48. The summed E-state index contributed by atoms with van der Waals surface area (Å²) in [4.78, 5) is 13.9. The van der Waals surface area contributed by atoms with Crippen LogP contribution >= 0.6 is 0 Å². The fraction of sp³-hybridized carbons (Fsp3) is 0.909. The molecule has 2 aliphatic rings. The molecular weight excluding hydrogens is 162 g/mol. The number of carbonyl (C=O) groups is 1. The third-order valence-electron chi connectivity index (χ3n) is 3.63. The molecule has 1 spiro atoms. The third kappa shape index (κ3) is 1.27. The number of carbonyl (C=O) groups excluding carboxylic acids is 1. The molecule has 2 fully saturated rings. The minimum absolute atomic E-state index is 0.283. The van der Waals surface area contributed by atoms with Gasteiger partial charge in [-0.15, -0.1) is 0 Å². The second-order valence-corrected chi connectivity index (χ2v) is 4.79. The van der Waals surface area contributed by atoms with Gasteiger partial charge in [0.25, 0.3) is 0 Å². The Kier molecular flexibility index (Phi) is 2.09. The van der Waals surface area contributed by atoms with Crippen molar-refractivity contribution in [3.8, 4) is 0 Å². The number of likely N-dealkylation sites (tertiary alicyclic amines) is 1. The molecule has 2 heteroatoms. The van der Waals surface area contributed by atoms with Crippen LogP contribution in [0.2, 0.25) is 0 Å².